The fraction of sp³-hybridized carbons (Fsp3) is 0.651. The topological polar surface area (TPSA) is 157 Å². The molecule has 3 heterocycles. The maximum Gasteiger partial charge on any atom is 0.268 e. The number of pyridine rings is 3. The summed E-state index contributed by atoms with van der Waals surface area (Å²) in [4.78, 5) is 48.3. The van der Waals surface area contributed by atoms with Gasteiger partial charge >= 0.3 is 0 Å². The van der Waals surface area contributed by atoms with Crippen LogP contribution in [-0.4, -0.2) is 44.5 Å². The van der Waals surface area contributed by atoms with E-state index >= 15 is 8.78 Å². The van der Waals surface area contributed by atoms with Crippen LogP contribution in [0, 0.1) is 41.4 Å². The number of fused-ring (bicyclic) bond motifs is 3. The number of alkyl halides is 6. The van der Waals surface area contributed by atoms with Gasteiger partial charge in [0.25, 0.3) is 11.8 Å². The highest BCUT2D eigenvalue weighted by molar-refractivity contribution is 7.97. The Kier molecular flexibility index (Phi) is 14.1. The Labute approximate surface area is 345 Å². The lowest BCUT2D eigenvalue weighted by Gasteiger charge is -2.43. The van der Waals surface area contributed by atoms with Gasteiger partial charge in [0, 0.05) is 73.3 Å². The summed E-state index contributed by atoms with van der Waals surface area (Å²) in [5.74, 6) is -12.7. The number of primary amides is 1. The van der Waals surface area contributed by atoms with Crippen LogP contribution in [0.15, 0.2) is 46.5 Å². The number of anilines is 1. The van der Waals surface area contributed by atoms with Crippen molar-refractivity contribution in [2.75, 3.05) is 5.32 Å². The molecule has 3 aromatic heterocycles. The van der Waals surface area contributed by atoms with E-state index in [9.17, 15) is 31.9 Å². The molecule has 4 atom stereocenters. The summed E-state index contributed by atoms with van der Waals surface area (Å²) in [5.41, 5.74) is 6.17. The maximum atomic E-state index is 15.3. The normalized spacial score (nSPS) is 28.8. The first-order valence-corrected chi connectivity index (χ1v) is 22.0. The Morgan fingerprint density at radius 1 is 0.864 bits per heavy atom. The van der Waals surface area contributed by atoms with Crippen molar-refractivity contribution < 1.29 is 35.9 Å². The van der Waals surface area contributed by atoms with E-state index in [1.54, 1.807) is 6.07 Å². The highest BCUT2D eigenvalue weighted by Gasteiger charge is 2.57. The predicted octanol–water partition coefficient (Wildman–Crippen LogP) is 10.3. The zero-order chi connectivity index (χ0) is 42.7. The Morgan fingerprint density at radius 2 is 1.49 bits per heavy atom. The Morgan fingerprint density at radius 3 is 2.14 bits per heavy atom. The number of rotatable bonds is 8. The van der Waals surface area contributed by atoms with Crippen LogP contribution in [-0.2, 0) is 4.79 Å². The molecule has 6 N–H and O–H groups in total. The van der Waals surface area contributed by atoms with Crippen molar-refractivity contribution in [2.24, 2.45) is 52.3 Å². The molecule has 0 radical (unpaired) electrons. The van der Waals surface area contributed by atoms with Gasteiger partial charge in [-0.25, -0.2) is 31.3 Å². The number of aromatic nitrogens is 3. The van der Waals surface area contributed by atoms with Crippen LogP contribution in [0.3, 0.4) is 0 Å². The van der Waals surface area contributed by atoms with Crippen molar-refractivity contribution >= 4 is 40.4 Å². The molecule has 0 spiro atoms. The monoisotopic (exact) mass is 850 g/mol. The number of nitrogens with two attached hydrogens (primary N) is 2. The van der Waals surface area contributed by atoms with Gasteiger partial charge in [0.1, 0.15) is 10.7 Å². The molecule has 16 heteroatoms. The number of nitrogens with one attached hydrogen (secondary N) is 2. The number of halogens is 6. The molecule has 8 rings (SSSR count). The van der Waals surface area contributed by atoms with Crippen LogP contribution in [0.25, 0.3) is 10.9 Å². The number of hydrogen-bond acceptors (Lipinski definition) is 7. The van der Waals surface area contributed by atoms with Gasteiger partial charge in [-0.1, -0.05) is 33.1 Å². The minimum absolute atomic E-state index is 0.0718. The molecule has 0 aromatic carbocycles. The Bertz CT molecular complexity index is 1990. The average molecular weight is 851 g/mol. The zero-order valence-electron chi connectivity index (χ0n) is 33.6. The van der Waals surface area contributed by atoms with Crippen LogP contribution in [0.5, 0.6) is 0 Å². The molecule has 0 aliphatic heterocycles. The van der Waals surface area contributed by atoms with Crippen molar-refractivity contribution in [3.63, 3.8) is 0 Å². The van der Waals surface area contributed by atoms with E-state index in [2.05, 4.69) is 20.3 Å². The second kappa shape index (κ2) is 18.5. The first-order chi connectivity index (χ1) is 28.1. The molecule has 5 aliphatic carbocycles. The van der Waals surface area contributed by atoms with Gasteiger partial charge in [-0.05, 0) is 105 Å². The zero-order valence-corrected chi connectivity index (χ0v) is 34.5. The van der Waals surface area contributed by atoms with E-state index in [4.69, 9.17) is 10.9 Å². The van der Waals surface area contributed by atoms with Gasteiger partial charge in [-0.3, -0.25) is 24.5 Å². The fourth-order valence-corrected chi connectivity index (χ4v) is 11.3. The molecule has 2 bridgehead atoms. The van der Waals surface area contributed by atoms with E-state index in [-0.39, 0.29) is 42.2 Å². The summed E-state index contributed by atoms with van der Waals surface area (Å²) in [7, 11) is 0. The Balaban J connectivity index is 0.000000191. The average Bonchev–Trinajstić information content (AvgIpc) is 3.82. The second-order valence-electron chi connectivity index (χ2n) is 17.0. The van der Waals surface area contributed by atoms with E-state index in [0.29, 0.717) is 58.9 Å². The quantitative estimate of drug-likeness (QED) is 0.130. The summed E-state index contributed by atoms with van der Waals surface area (Å²) in [6.07, 6.45) is 9.15. The summed E-state index contributed by atoms with van der Waals surface area (Å²) in [6.45, 7) is 4.00. The van der Waals surface area contributed by atoms with Crippen molar-refractivity contribution in [2.45, 2.75) is 139 Å². The number of H-pyrrole nitrogens is 1. The lowest BCUT2D eigenvalue weighted by atomic mass is 9.67. The first kappa shape index (κ1) is 44.9. The third-order valence-corrected chi connectivity index (χ3v) is 14.1. The minimum Gasteiger partial charge on any atom is -0.364 e. The molecule has 5 aliphatic rings. The van der Waals surface area contributed by atoms with Crippen LogP contribution in [0.4, 0.5) is 32.0 Å². The molecule has 2 amide bonds. The van der Waals surface area contributed by atoms with Gasteiger partial charge in [-0.15, -0.1) is 0 Å². The molecule has 59 heavy (non-hydrogen) atoms. The molecular formula is C43H56F6N6O3S. The molecule has 5 fully saturated rings. The van der Waals surface area contributed by atoms with E-state index < -0.39 is 65.6 Å². The lowest BCUT2D eigenvalue weighted by molar-refractivity contribution is -0.178. The molecule has 5 saturated carbocycles. The van der Waals surface area contributed by atoms with E-state index in [1.807, 2.05) is 13.8 Å². The second-order valence-corrected chi connectivity index (χ2v) is 17.6. The summed E-state index contributed by atoms with van der Waals surface area (Å²) in [5, 5.41) is 8.50. The van der Waals surface area contributed by atoms with Crippen LogP contribution >= 0.6 is 11.9 Å². The summed E-state index contributed by atoms with van der Waals surface area (Å²) in [6, 6.07) is 5.96. The van der Waals surface area contributed by atoms with Gasteiger partial charge in [-0.2, -0.15) is 0 Å². The molecule has 3 aromatic rings. The predicted molar refractivity (Wildman–Crippen MR) is 216 cm³/mol. The largest absolute Gasteiger partial charge is 0.364 e. The van der Waals surface area contributed by atoms with Crippen molar-refractivity contribution in [3.05, 3.63) is 58.3 Å². The summed E-state index contributed by atoms with van der Waals surface area (Å²) >= 11 is 0.867. The molecule has 0 saturated heterocycles. The molecule has 9 nitrogen and oxygen atoms in total. The van der Waals surface area contributed by atoms with Gasteiger partial charge in [0.2, 0.25) is 17.8 Å². The highest BCUT2D eigenvalue weighted by atomic mass is 32.2. The van der Waals surface area contributed by atoms with Crippen molar-refractivity contribution in [1.29, 1.82) is 0 Å². The number of carbonyl (C=O) groups excluding carboxylic acids is 2. The maximum absolute atomic E-state index is 15.3. The minimum atomic E-state index is -3.13. The third kappa shape index (κ3) is 9.95. The number of hydrogen-bond donors (Lipinski definition) is 4. The summed E-state index contributed by atoms with van der Waals surface area (Å²) < 4.78 is 87.4. The smallest absolute Gasteiger partial charge is 0.268 e. The lowest BCUT2D eigenvalue weighted by Crippen LogP contribution is -2.49. The first-order valence-electron chi connectivity index (χ1n) is 21.2. The number of carbonyl (C=O) groups is 2. The third-order valence-electron chi connectivity index (χ3n) is 13.6. The van der Waals surface area contributed by atoms with Crippen molar-refractivity contribution in [3.8, 4) is 0 Å². The standard InChI is InChI=1S/C22H25F2N3O2.C19H25F4N3OS.C2H6/c23-22(24)7-5-13(18-11-1-2-12(18)4-3-11)14(10-22)16-9-17(28)19-15(27-16)6-8-26-20(19)21(25)29;20-18(21)8-6-15(19(22,23)12-4-2-1-3-5-12)14(11-18)17(27)26-13-7-9-25-16(10-13)28-24;1-2/h6,8-9,11-14,18H,1-5,7,10H2,(H2,25,29)(H,27,28);7,9-10,12,14-15H,1-6,8,11,24H2,(H,25,26,27);1-2H3/t11?,12?,13-,14-,18?;14-,15-;/m11./s1. The Hall–Kier alpha value is -3.66. The SMILES string of the molecule is CC.NC(=O)c1nccc2[nH]c([C@@H]3CC(F)(F)CC[C@H]3C3C4CCC3CC4)cc(=O)c12.NSc1cc(NC(=O)[C@@H]2CC(F)(F)CC[C@H]2C(F)(F)C2CCCCC2)ccn1. The van der Waals surface area contributed by atoms with Gasteiger partial charge in [0.15, 0.2) is 5.43 Å². The van der Waals surface area contributed by atoms with Gasteiger partial charge in [0.05, 0.1) is 16.8 Å². The van der Waals surface area contributed by atoms with Crippen LogP contribution in [0.1, 0.15) is 132 Å². The van der Waals surface area contributed by atoms with Crippen LogP contribution in [0.2, 0.25) is 0 Å². The molecular weight excluding hydrogens is 795 g/mol. The van der Waals surface area contributed by atoms with E-state index in [1.165, 1.54) is 56.3 Å². The van der Waals surface area contributed by atoms with Gasteiger partial charge < -0.3 is 16.0 Å². The van der Waals surface area contributed by atoms with Crippen molar-refractivity contribution in [1.82, 2.24) is 15.0 Å². The number of amides is 2. The number of nitrogens with zero attached hydrogens (tertiary/aromatic N) is 2. The molecule has 0 unspecified atom stereocenters. The fourth-order valence-electron chi connectivity index (χ4n) is 11.0. The number of aromatic amines is 1. The highest BCUT2D eigenvalue weighted by Crippen LogP contribution is 2.59. The molecule has 324 valence electrons. The van der Waals surface area contributed by atoms with E-state index in [0.717, 1.165) is 31.2 Å². The van der Waals surface area contributed by atoms with Crippen LogP contribution < -0.4 is 21.6 Å².